The monoisotopic (exact) mass is 311 g/mol. The second kappa shape index (κ2) is 5.28. The van der Waals surface area contributed by atoms with E-state index in [1.54, 1.807) is 19.1 Å². The summed E-state index contributed by atoms with van der Waals surface area (Å²) in [6.07, 6.45) is -2.96. The summed E-state index contributed by atoms with van der Waals surface area (Å²) in [6, 6.07) is 4.49. The molecule has 0 fully saturated rings. The number of anilines is 1. The normalized spacial score (nSPS) is 12.0. The largest absolute Gasteiger partial charge is 0.435 e. The average Bonchev–Trinajstić information content (AvgIpc) is 3.05. The number of hydrogen-bond donors (Lipinski definition) is 1. The van der Waals surface area contributed by atoms with Crippen molar-refractivity contribution in [2.24, 2.45) is 0 Å². The van der Waals surface area contributed by atoms with Gasteiger partial charge in [-0.15, -0.1) is 15.3 Å². The summed E-state index contributed by atoms with van der Waals surface area (Å²) in [7, 11) is 0. The van der Waals surface area contributed by atoms with Gasteiger partial charge in [0.25, 0.3) is 0 Å². The van der Waals surface area contributed by atoms with Crippen molar-refractivity contribution in [3.05, 3.63) is 35.9 Å². The maximum Gasteiger partial charge on any atom is 0.435 e. The van der Waals surface area contributed by atoms with E-state index in [-0.39, 0.29) is 0 Å². The Kier molecular flexibility index (Phi) is 3.43. The van der Waals surface area contributed by atoms with E-state index in [1.807, 2.05) is 0 Å². The van der Waals surface area contributed by atoms with Gasteiger partial charge in [0.15, 0.2) is 11.3 Å². The van der Waals surface area contributed by atoms with Gasteiger partial charge in [0.2, 0.25) is 0 Å². The lowest BCUT2D eigenvalue weighted by atomic mass is 10.3. The van der Waals surface area contributed by atoms with E-state index in [2.05, 4.69) is 25.7 Å². The minimum atomic E-state index is -4.43. The molecule has 0 aliphatic rings. The van der Waals surface area contributed by atoms with E-state index in [0.29, 0.717) is 30.2 Å². The Morgan fingerprint density at radius 1 is 1.23 bits per heavy atom. The van der Waals surface area contributed by atoms with Crippen LogP contribution in [0.5, 0.6) is 0 Å². The summed E-state index contributed by atoms with van der Waals surface area (Å²) in [5.41, 5.74) is 0.189. The van der Waals surface area contributed by atoms with Crippen LogP contribution in [0.15, 0.2) is 24.5 Å². The fraction of sp³-hybridized carbons (Fsp3) is 0.333. The molecule has 7 nitrogen and oxygen atoms in total. The molecule has 0 atom stereocenters. The fourth-order valence-corrected chi connectivity index (χ4v) is 1.99. The number of nitrogens with zero attached hydrogens (tertiary/aromatic N) is 6. The van der Waals surface area contributed by atoms with E-state index in [4.69, 9.17) is 0 Å². The molecule has 0 aliphatic heterocycles. The summed E-state index contributed by atoms with van der Waals surface area (Å²) >= 11 is 0. The van der Waals surface area contributed by atoms with E-state index >= 15 is 0 Å². The summed E-state index contributed by atoms with van der Waals surface area (Å²) < 4.78 is 40.5. The molecular weight excluding hydrogens is 299 g/mol. The van der Waals surface area contributed by atoms with Crippen molar-refractivity contribution in [2.45, 2.75) is 19.6 Å². The number of fused-ring (bicyclic) bond motifs is 1. The van der Waals surface area contributed by atoms with Gasteiger partial charge in [-0.25, -0.2) is 0 Å². The van der Waals surface area contributed by atoms with Crippen molar-refractivity contribution in [1.29, 1.82) is 0 Å². The molecule has 3 heterocycles. The van der Waals surface area contributed by atoms with Crippen molar-refractivity contribution >= 4 is 11.5 Å². The van der Waals surface area contributed by atoms with Crippen LogP contribution < -0.4 is 5.32 Å². The molecule has 0 aliphatic carbocycles. The predicted octanol–water partition coefficient (Wildman–Crippen LogP) is 1.76. The third kappa shape index (κ3) is 2.85. The zero-order valence-corrected chi connectivity index (χ0v) is 11.5. The minimum Gasteiger partial charge on any atom is -0.367 e. The van der Waals surface area contributed by atoms with Crippen LogP contribution in [0.2, 0.25) is 0 Å². The summed E-state index contributed by atoms with van der Waals surface area (Å²) in [5, 5.41) is 18.3. The molecule has 0 saturated heterocycles. The molecule has 3 aromatic heterocycles. The molecule has 3 aromatic rings. The van der Waals surface area contributed by atoms with Gasteiger partial charge in [0.1, 0.15) is 12.1 Å². The van der Waals surface area contributed by atoms with Crippen LogP contribution >= 0.6 is 0 Å². The first-order valence-corrected chi connectivity index (χ1v) is 6.46. The van der Waals surface area contributed by atoms with Gasteiger partial charge in [0.05, 0.1) is 6.54 Å². The smallest absolute Gasteiger partial charge is 0.367 e. The van der Waals surface area contributed by atoms with Crippen LogP contribution in [-0.4, -0.2) is 36.1 Å². The molecule has 0 aromatic carbocycles. The van der Waals surface area contributed by atoms with Crippen molar-refractivity contribution in [3.8, 4) is 0 Å². The summed E-state index contributed by atoms with van der Waals surface area (Å²) in [6.45, 7) is 2.27. The number of aryl methyl sites for hydroxylation is 1. The molecular formula is C12H12F3N7. The van der Waals surface area contributed by atoms with Crippen molar-refractivity contribution in [1.82, 2.24) is 29.6 Å². The summed E-state index contributed by atoms with van der Waals surface area (Å²) in [5.74, 6) is 0.577. The van der Waals surface area contributed by atoms with Crippen LogP contribution in [0.1, 0.15) is 11.4 Å². The predicted molar refractivity (Wildman–Crippen MR) is 71.2 cm³/mol. The Bertz CT molecular complexity index is 789. The van der Waals surface area contributed by atoms with E-state index in [1.165, 1.54) is 15.5 Å². The van der Waals surface area contributed by atoms with E-state index in [9.17, 15) is 13.2 Å². The molecule has 0 amide bonds. The van der Waals surface area contributed by atoms with Gasteiger partial charge < -0.3 is 5.32 Å². The topological polar surface area (TPSA) is 72.9 Å². The van der Waals surface area contributed by atoms with Gasteiger partial charge in [0, 0.05) is 12.2 Å². The molecule has 0 spiro atoms. The van der Waals surface area contributed by atoms with Crippen LogP contribution in [0, 0.1) is 6.92 Å². The molecule has 22 heavy (non-hydrogen) atoms. The second-order valence-electron chi connectivity index (χ2n) is 4.67. The SMILES string of the molecule is Cc1cc(C(F)(F)F)nn1CCNc1ccc2nncn2n1. The van der Waals surface area contributed by atoms with Gasteiger partial charge in [-0.05, 0) is 25.1 Å². The van der Waals surface area contributed by atoms with Crippen LogP contribution in [-0.2, 0) is 12.7 Å². The van der Waals surface area contributed by atoms with E-state index < -0.39 is 11.9 Å². The zero-order chi connectivity index (χ0) is 15.7. The highest BCUT2D eigenvalue weighted by molar-refractivity contribution is 5.42. The maximum absolute atomic E-state index is 12.6. The first-order valence-electron chi connectivity index (χ1n) is 6.46. The molecule has 0 bridgehead atoms. The number of hydrogen-bond acceptors (Lipinski definition) is 5. The standard InChI is InChI=1S/C12H12F3N7/c1-8-6-9(12(13,14)15)19-21(8)5-4-16-10-2-3-11-18-17-7-22(11)20-10/h2-3,6-7H,4-5H2,1H3,(H,16,20). The number of aromatic nitrogens is 6. The molecule has 0 radical (unpaired) electrons. The lowest BCUT2D eigenvalue weighted by molar-refractivity contribution is -0.141. The molecule has 0 saturated carbocycles. The van der Waals surface area contributed by atoms with Crippen LogP contribution in [0.25, 0.3) is 5.65 Å². The zero-order valence-electron chi connectivity index (χ0n) is 11.5. The number of rotatable bonds is 4. The Balaban J connectivity index is 1.64. The lowest BCUT2D eigenvalue weighted by Crippen LogP contribution is -2.15. The number of alkyl halides is 3. The summed E-state index contributed by atoms with van der Waals surface area (Å²) in [4.78, 5) is 0. The third-order valence-corrected chi connectivity index (χ3v) is 3.06. The van der Waals surface area contributed by atoms with Crippen molar-refractivity contribution < 1.29 is 13.2 Å². The quantitative estimate of drug-likeness (QED) is 0.795. The highest BCUT2D eigenvalue weighted by Crippen LogP contribution is 2.28. The Morgan fingerprint density at radius 3 is 2.77 bits per heavy atom. The minimum absolute atomic E-state index is 0.295. The van der Waals surface area contributed by atoms with Crippen molar-refractivity contribution in [2.75, 3.05) is 11.9 Å². The van der Waals surface area contributed by atoms with E-state index in [0.717, 1.165) is 6.07 Å². The average molecular weight is 311 g/mol. The maximum atomic E-state index is 12.6. The molecule has 3 rings (SSSR count). The Labute approximate surface area is 122 Å². The highest BCUT2D eigenvalue weighted by Gasteiger charge is 2.34. The van der Waals surface area contributed by atoms with Gasteiger partial charge >= 0.3 is 6.18 Å². The van der Waals surface area contributed by atoms with Crippen LogP contribution in [0.3, 0.4) is 0 Å². The first-order chi connectivity index (χ1) is 10.4. The number of nitrogens with one attached hydrogen (secondary N) is 1. The molecule has 116 valence electrons. The molecule has 1 N–H and O–H groups in total. The second-order valence-corrected chi connectivity index (χ2v) is 4.67. The van der Waals surface area contributed by atoms with Gasteiger partial charge in [-0.1, -0.05) is 0 Å². The first kappa shape index (κ1) is 14.3. The number of halogens is 3. The van der Waals surface area contributed by atoms with Crippen LogP contribution in [0.4, 0.5) is 19.0 Å². The van der Waals surface area contributed by atoms with Gasteiger partial charge in [-0.2, -0.15) is 22.8 Å². The third-order valence-electron chi connectivity index (χ3n) is 3.06. The lowest BCUT2D eigenvalue weighted by Gasteiger charge is -2.07. The highest BCUT2D eigenvalue weighted by atomic mass is 19.4. The Hall–Kier alpha value is -2.65. The molecule has 0 unspecified atom stereocenters. The fourth-order valence-electron chi connectivity index (χ4n) is 1.99. The Morgan fingerprint density at radius 2 is 2.05 bits per heavy atom. The molecule has 10 heteroatoms. The van der Waals surface area contributed by atoms with Crippen molar-refractivity contribution in [3.63, 3.8) is 0 Å². The van der Waals surface area contributed by atoms with Gasteiger partial charge in [-0.3, -0.25) is 4.68 Å².